The molecule has 0 saturated heterocycles. The number of carbonyl (C=O) groups is 1. The predicted octanol–water partition coefficient (Wildman–Crippen LogP) is 1.72. The van der Waals surface area contributed by atoms with Crippen molar-refractivity contribution in [3.8, 4) is 0 Å². The zero-order chi connectivity index (χ0) is 12.2. The Balaban J connectivity index is 2.80. The van der Waals surface area contributed by atoms with E-state index in [9.17, 15) is 9.18 Å². The molecule has 0 fully saturated rings. The first kappa shape index (κ1) is 12.6. The molecule has 0 radical (unpaired) electrons. The number of carbonyl (C=O) groups excluding carboxylic acids is 1. The van der Waals surface area contributed by atoms with Gasteiger partial charge in [0.05, 0.1) is 12.1 Å². The van der Waals surface area contributed by atoms with E-state index in [-0.39, 0.29) is 18.1 Å². The topological polar surface area (TPSA) is 49.3 Å². The van der Waals surface area contributed by atoms with Crippen molar-refractivity contribution >= 4 is 5.91 Å². The molecular weight excluding hydrogens is 209 g/mol. The average Bonchev–Trinajstić information content (AvgIpc) is 2.29. The number of benzene rings is 1. The fraction of sp³-hybridized carbons (Fsp3) is 0.417. The van der Waals surface area contributed by atoms with E-state index in [1.165, 1.54) is 24.3 Å². The van der Waals surface area contributed by atoms with Crippen LogP contribution < -0.4 is 5.32 Å². The number of aliphatic hydroxyl groups excluding tert-OH is 1. The molecule has 0 heterocycles. The molecule has 2 N–H and O–H groups in total. The lowest BCUT2D eigenvalue weighted by atomic mass is 9.99. The minimum absolute atomic E-state index is 0.148. The second-order valence-corrected chi connectivity index (χ2v) is 4.04. The van der Waals surface area contributed by atoms with Crippen LogP contribution in [0.3, 0.4) is 0 Å². The lowest BCUT2D eigenvalue weighted by Gasteiger charge is -2.27. The molecule has 1 atom stereocenters. The second kappa shape index (κ2) is 5.07. The smallest absolute Gasteiger partial charge is 0.251 e. The molecule has 0 bridgehead atoms. The van der Waals surface area contributed by atoms with Gasteiger partial charge in [0.1, 0.15) is 5.82 Å². The van der Waals surface area contributed by atoms with Crippen molar-refractivity contribution in [1.29, 1.82) is 0 Å². The molecule has 0 saturated carbocycles. The minimum atomic E-state index is -0.663. The van der Waals surface area contributed by atoms with Gasteiger partial charge < -0.3 is 10.4 Å². The molecule has 1 unspecified atom stereocenters. The monoisotopic (exact) mass is 225 g/mol. The van der Waals surface area contributed by atoms with Crippen molar-refractivity contribution in [2.75, 3.05) is 6.61 Å². The van der Waals surface area contributed by atoms with Crippen LogP contribution >= 0.6 is 0 Å². The van der Waals surface area contributed by atoms with E-state index < -0.39 is 11.4 Å². The third-order valence-corrected chi connectivity index (χ3v) is 2.63. The first-order valence-electron chi connectivity index (χ1n) is 5.19. The van der Waals surface area contributed by atoms with E-state index in [2.05, 4.69) is 5.32 Å². The van der Waals surface area contributed by atoms with Crippen molar-refractivity contribution in [2.24, 2.45) is 0 Å². The second-order valence-electron chi connectivity index (χ2n) is 4.04. The number of aliphatic hydroxyl groups is 1. The Kier molecular flexibility index (Phi) is 4.01. The third-order valence-electron chi connectivity index (χ3n) is 2.63. The SMILES string of the molecule is CCC(C)(CO)NC(=O)c1cccc(F)c1. The summed E-state index contributed by atoms with van der Waals surface area (Å²) < 4.78 is 12.9. The summed E-state index contributed by atoms with van der Waals surface area (Å²) in [4.78, 5) is 11.7. The Morgan fingerprint density at radius 3 is 2.75 bits per heavy atom. The Morgan fingerprint density at radius 1 is 1.56 bits per heavy atom. The van der Waals surface area contributed by atoms with Crippen molar-refractivity contribution in [3.05, 3.63) is 35.6 Å². The Labute approximate surface area is 94.3 Å². The molecule has 1 aromatic carbocycles. The van der Waals surface area contributed by atoms with E-state index in [0.29, 0.717) is 6.42 Å². The summed E-state index contributed by atoms with van der Waals surface area (Å²) in [6.07, 6.45) is 0.602. The number of hydrogen-bond acceptors (Lipinski definition) is 2. The molecule has 1 aromatic rings. The van der Waals surface area contributed by atoms with Crippen LogP contribution in [0.15, 0.2) is 24.3 Å². The zero-order valence-corrected chi connectivity index (χ0v) is 9.46. The summed E-state index contributed by atoms with van der Waals surface area (Å²) in [5, 5.41) is 11.8. The first-order valence-corrected chi connectivity index (χ1v) is 5.19. The molecule has 0 aliphatic heterocycles. The van der Waals surface area contributed by atoms with Gasteiger partial charge in [0.15, 0.2) is 0 Å². The molecule has 1 rings (SSSR count). The number of halogens is 1. The van der Waals surface area contributed by atoms with E-state index in [1.807, 2.05) is 6.92 Å². The third kappa shape index (κ3) is 3.03. The summed E-state index contributed by atoms with van der Waals surface area (Å²) in [5.41, 5.74) is -0.406. The normalized spacial score (nSPS) is 14.2. The lowest BCUT2D eigenvalue weighted by molar-refractivity contribution is 0.0847. The van der Waals surface area contributed by atoms with Gasteiger partial charge in [-0.3, -0.25) is 4.79 Å². The molecule has 0 aliphatic rings. The largest absolute Gasteiger partial charge is 0.394 e. The zero-order valence-electron chi connectivity index (χ0n) is 9.46. The maximum atomic E-state index is 12.9. The predicted molar refractivity (Wildman–Crippen MR) is 59.6 cm³/mol. The summed E-state index contributed by atoms with van der Waals surface area (Å²) in [6.45, 7) is 3.46. The fourth-order valence-corrected chi connectivity index (χ4v) is 1.22. The van der Waals surface area contributed by atoms with Crippen LogP contribution in [0, 0.1) is 5.82 Å². The number of amides is 1. The molecule has 1 amide bonds. The highest BCUT2D eigenvalue weighted by molar-refractivity contribution is 5.94. The van der Waals surface area contributed by atoms with Crippen LogP contribution in [0.2, 0.25) is 0 Å². The van der Waals surface area contributed by atoms with Crippen LogP contribution in [0.4, 0.5) is 4.39 Å². The highest BCUT2D eigenvalue weighted by Gasteiger charge is 2.23. The van der Waals surface area contributed by atoms with Gasteiger partial charge in [-0.05, 0) is 31.5 Å². The highest BCUT2D eigenvalue weighted by atomic mass is 19.1. The maximum Gasteiger partial charge on any atom is 0.251 e. The van der Waals surface area contributed by atoms with Gasteiger partial charge in [-0.15, -0.1) is 0 Å². The van der Waals surface area contributed by atoms with Crippen LogP contribution in [-0.4, -0.2) is 23.2 Å². The van der Waals surface area contributed by atoms with Gasteiger partial charge in [-0.2, -0.15) is 0 Å². The average molecular weight is 225 g/mol. The Bertz CT molecular complexity index is 375. The molecular formula is C12H16FNO2. The molecule has 0 aromatic heterocycles. The van der Waals surface area contributed by atoms with E-state index >= 15 is 0 Å². The Morgan fingerprint density at radius 2 is 2.25 bits per heavy atom. The summed E-state index contributed by atoms with van der Waals surface area (Å²) in [6, 6.07) is 5.46. The maximum absolute atomic E-state index is 12.9. The van der Waals surface area contributed by atoms with E-state index in [0.717, 1.165) is 0 Å². The molecule has 0 spiro atoms. The summed E-state index contributed by atoms with van der Waals surface area (Å²) in [7, 11) is 0. The van der Waals surface area contributed by atoms with Crippen molar-refractivity contribution in [3.63, 3.8) is 0 Å². The van der Waals surface area contributed by atoms with Crippen molar-refractivity contribution < 1.29 is 14.3 Å². The van der Waals surface area contributed by atoms with Crippen LogP contribution in [-0.2, 0) is 0 Å². The summed E-state index contributed by atoms with van der Waals surface area (Å²) in [5.74, 6) is -0.826. The van der Waals surface area contributed by atoms with Gasteiger partial charge >= 0.3 is 0 Å². The van der Waals surface area contributed by atoms with Gasteiger partial charge in [0.2, 0.25) is 0 Å². The van der Waals surface area contributed by atoms with E-state index in [4.69, 9.17) is 5.11 Å². The lowest BCUT2D eigenvalue weighted by Crippen LogP contribution is -2.48. The van der Waals surface area contributed by atoms with Crippen molar-refractivity contribution in [1.82, 2.24) is 5.32 Å². The number of hydrogen-bond donors (Lipinski definition) is 2. The van der Waals surface area contributed by atoms with Crippen molar-refractivity contribution in [2.45, 2.75) is 25.8 Å². The van der Waals surface area contributed by atoms with Gasteiger partial charge in [-0.25, -0.2) is 4.39 Å². The first-order chi connectivity index (χ1) is 7.50. The summed E-state index contributed by atoms with van der Waals surface area (Å²) >= 11 is 0. The molecule has 16 heavy (non-hydrogen) atoms. The molecule has 3 nitrogen and oxygen atoms in total. The van der Waals surface area contributed by atoms with Gasteiger partial charge in [0.25, 0.3) is 5.91 Å². The van der Waals surface area contributed by atoms with Gasteiger partial charge in [0, 0.05) is 5.56 Å². The number of rotatable bonds is 4. The molecule has 4 heteroatoms. The van der Waals surface area contributed by atoms with Crippen LogP contribution in [0.25, 0.3) is 0 Å². The molecule has 0 aliphatic carbocycles. The van der Waals surface area contributed by atoms with Crippen LogP contribution in [0.1, 0.15) is 30.6 Å². The molecule has 88 valence electrons. The van der Waals surface area contributed by atoms with E-state index in [1.54, 1.807) is 6.92 Å². The van der Waals surface area contributed by atoms with Gasteiger partial charge in [-0.1, -0.05) is 13.0 Å². The quantitative estimate of drug-likeness (QED) is 0.819. The number of nitrogens with one attached hydrogen (secondary N) is 1. The van der Waals surface area contributed by atoms with Crippen LogP contribution in [0.5, 0.6) is 0 Å². The minimum Gasteiger partial charge on any atom is -0.394 e. The Hall–Kier alpha value is -1.42. The fourth-order valence-electron chi connectivity index (χ4n) is 1.22. The highest BCUT2D eigenvalue weighted by Crippen LogP contribution is 2.10. The standard InChI is InChI=1S/C12H16FNO2/c1-3-12(2,8-15)14-11(16)9-5-4-6-10(13)7-9/h4-7,15H,3,8H2,1-2H3,(H,14,16).